The number of hydrogen-bond acceptors (Lipinski definition) is 7. The number of nitrogens with zero attached hydrogens (tertiary/aromatic N) is 2. The number of phenols is 1. The Labute approximate surface area is 236 Å². The fraction of sp³-hybridized carbons (Fsp3) is 0.138. The fourth-order valence-electron chi connectivity index (χ4n) is 4.42. The van der Waals surface area contributed by atoms with Crippen LogP contribution in [0.2, 0.25) is 0 Å². The molecule has 0 unspecified atom stereocenters. The van der Waals surface area contributed by atoms with E-state index in [0.717, 1.165) is 5.56 Å². The van der Waals surface area contributed by atoms with Gasteiger partial charge in [-0.3, -0.25) is 14.2 Å². The maximum Gasteiger partial charge on any atom is 0.271 e. The van der Waals surface area contributed by atoms with E-state index in [2.05, 4.69) is 26.2 Å². The molecule has 4 aromatic rings. The number of allylic oxidation sites excluding steroid dienone is 1. The molecule has 0 radical (unpaired) electrons. The summed E-state index contributed by atoms with van der Waals surface area (Å²) in [5.41, 5.74) is 2.63. The molecule has 0 aliphatic carbocycles. The molecule has 0 saturated heterocycles. The molecule has 1 atom stereocenters. The van der Waals surface area contributed by atoms with Crippen LogP contribution in [0.25, 0.3) is 6.08 Å². The molecule has 0 bridgehead atoms. The van der Waals surface area contributed by atoms with E-state index in [1.807, 2.05) is 30.3 Å². The highest BCUT2D eigenvalue weighted by Gasteiger charge is 2.32. The molecular weight excluding hydrogens is 582 g/mol. The smallest absolute Gasteiger partial charge is 0.271 e. The van der Waals surface area contributed by atoms with Crippen molar-refractivity contribution in [3.8, 4) is 17.2 Å². The van der Waals surface area contributed by atoms with Crippen molar-refractivity contribution in [2.75, 3.05) is 19.5 Å². The molecule has 39 heavy (non-hydrogen) atoms. The topological polar surface area (TPSA) is 102 Å². The number of carbonyl (C=O) groups is 1. The molecular formula is C29H24BrN3O5S. The second-order valence-electron chi connectivity index (χ2n) is 8.73. The van der Waals surface area contributed by atoms with Crippen LogP contribution in [0.3, 0.4) is 0 Å². The van der Waals surface area contributed by atoms with Gasteiger partial charge < -0.3 is 19.9 Å². The Morgan fingerprint density at radius 2 is 1.82 bits per heavy atom. The van der Waals surface area contributed by atoms with Crippen molar-refractivity contribution >= 4 is 44.9 Å². The lowest BCUT2D eigenvalue weighted by molar-refractivity contribution is -0.113. The SMILES string of the molecule is COc1ccc([C@@H]2C(C(=O)Nc3ccccc3)=C(C)N=c3s/c(=C/c4cc(Br)c(O)c(OC)c4)c(=O)n32)cc1. The number of hydrogen-bond donors (Lipinski definition) is 2. The van der Waals surface area contributed by atoms with Gasteiger partial charge in [-0.15, -0.1) is 0 Å². The van der Waals surface area contributed by atoms with E-state index in [0.29, 0.717) is 42.1 Å². The fourth-order valence-corrected chi connectivity index (χ4v) is 5.92. The van der Waals surface area contributed by atoms with Crippen molar-refractivity contribution in [1.82, 2.24) is 4.57 Å². The van der Waals surface area contributed by atoms with Crippen LogP contribution in [0.15, 0.2) is 92.3 Å². The van der Waals surface area contributed by atoms with E-state index in [1.54, 1.807) is 61.1 Å². The number of methoxy groups -OCH3 is 2. The first kappa shape index (κ1) is 26.5. The van der Waals surface area contributed by atoms with Gasteiger partial charge in [0.1, 0.15) is 5.75 Å². The molecule has 0 fully saturated rings. The van der Waals surface area contributed by atoms with Crippen LogP contribution < -0.4 is 29.7 Å². The minimum Gasteiger partial charge on any atom is -0.503 e. The first-order valence-corrected chi connectivity index (χ1v) is 13.5. The van der Waals surface area contributed by atoms with Gasteiger partial charge in [0.25, 0.3) is 11.5 Å². The van der Waals surface area contributed by atoms with Crippen LogP contribution in [-0.4, -0.2) is 29.8 Å². The van der Waals surface area contributed by atoms with E-state index in [9.17, 15) is 14.7 Å². The Hall–Kier alpha value is -4.15. The molecule has 0 spiro atoms. The van der Waals surface area contributed by atoms with Crippen molar-refractivity contribution in [1.29, 1.82) is 0 Å². The van der Waals surface area contributed by atoms with Crippen LogP contribution in [0, 0.1) is 0 Å². The Kier molecular flexibility index (Phi) is 7.40. The molecule has 5 rings (SSSR count). The number of carbonyl (C=O) groups excluding carboxylic acids is 1. The van der Waals surface area contributed by atoms with E-state index in [4.69, 9.17) is 9.47 Å². The van der Waals surface area contributed by atoms with Crippen LogP contribution in [0.5, 0.6) is 17.2 Å². The van der Waals surface area contributed by atoms with Gasteiger partial charge >= 0.3 is 0 Å². The number of amides is 1. The van der Waals surface area contributed by atoms with Crippen molar-refractivity contribution in [3.63, 3.8) is 0 Å². The summed E-state index contributed by atoms with van der Waals surface area (Å²) >= 11 is 4.55. The lowest BCUT2D eigenvalue weighted by Crippen LogP contribution is -2.40. The minimum atomic E-state index is -0.709. The average Bonchev–Trinajstić information content (AvgIpc) is 3.24. The number of benzene rings is 3. The second-order valence-corrected chi connectivity index (χ2v) is 10.6. The number of fused-ring (bicyclic) bond motifs is 1. The molecule has 198 valence electrons. The molecule has 2 heterocycles. The third-order valence-corrected chi connectivity index (χ3v) is 7.89. The maximum atomic E-state index is 13.9. The van der Waals surface area contributed by atoms with Crippen molar-refractivity contribution < 1.29 is 19.4 Å². The third kappa shape index (κ3) is 5.13. The van der Waals surface area contributed by atoms with Gasteiger partial charge in [0.2, 0.25) is 0 Å². The minimum absolute atomic E-state index is 0.0275. The van der Waals surface area contributed by atoms with Gasteiger partial charge in [0, 0.05) is 5.69 Å². The number of aromatic hydroxyl groups is 1. The first-order chi connectivity index (χ1) is 18.8. The molecule has 10 heteroatoms. The summed E-state index contributed by atoms with van der Waals surface area (Å²) in [5.74, 6) is 0.564. The zero-order chi connectivity index (χ0) is 27.7. The van der Waals surface area contributed by atoms with Gasteiger partial charge in [-0.05, 0) is 76.5 Å². The van der Waals surface area contributed by atoms with Crippen LogP contribution in [0.4, 0.5) is 5.69 Å². The average molecular weight is 606 g/mol. The summed E-state index contributed by atoms with van der Waals surface area (Å²) in [6, 6.07) is 19.1. The summed E-state index contributed by atoms with van der Waals surface area (Å²) in [7, 11) is 3.04. The number of ether oxygens (including phenoxy) is 2. The lowest BCUT2D eigenvalue weighted by Gasteiger charge is -2.25. The number of rotatable bonds is 6. The Bertz CT molecular complexity index is 1780. The number of thiazole rings is 1. The third-order valence-electron chi connectivity index (χ3n) is 6.30. The Balaban J connectivity index is 1.68. The van der Waals surface area contributed by atoms with Crippen molar-refractivity contribution in [2.45, 2.75) is 13.0 Å². The number of phenolic OH excluding ortho intramolecular Hbond substituents is 1. The van der Waals surface area contributed by atoms with E-state index < -0.39 is 6.04 Å². The Morgan fingerprint density at radius 3 is 2.49 bits per heavy atom. The normalized spacial score (nSPS) is 15.0. The summed E-state index contributed by atoms with van der Waals surface area (Å²) in [4.78, 5) is 32.6. The summed E-state index contributed by atoms with van der Waals surface area (Å²) in [5, 5.41) is 13.1. The summed E-state index contributed by atoms with van der Waals surface area (Å²) in [6.07, 6.45) is 1.71. The summed E-state index contributed by atoms with van der Waals surface area (Å²) < 4.78 is 13.0. The van der Waals surface area contributed by atoms with E-state index in [-0.39, 0.29) is 23.0 Å². The van der Waals surface area contributed by atoms with E-state index in [1.165, 1.54) is 18.4 Å². The number of anilines is 1. The molecule has 2 N–H and O–H groups in total. The van der Waals surface area contributed by atoms with Gasteiger partial charge in [0.15, 0.2) is 16.3 Å². The predicted molar refractivity (Wildman–Crippen MR) is 154 cm³/mol. The zero-order valence-corrected chi connectivity index (χ0v) is 23.7. The Morgan fingerprint density at radius 1 is 1.10 bits per heavy atom. The maximum absolute atomic E-state index is 13.9. The monoisotopic (exact) mass is 605 g/mol. The van der Waals surface area contributed by atoms with Gasteiger partial charge in [-0.2, -0.15) is 0 Å². The highest BCUT2D eigenvalue weighted by molar-refractivity contribution is 9.10. The first-order valence-electron chi connectivity index (χ1n) is 11.9. The number of halogens is 1. The van der Waals surface area contributed by atoms with Crippen LogP contribution in [-0.2, 0) is 4.79 Å². The van der Waals surface area contributed by atoms with Crippen molar-refractivity contribution in [2.24, 2.45) is 4.99 Å². The molecule has 3 aromatic carbocycles. The number of aromatic nitrogens is 1. The van der Waals surface area contributed by atoms with Gasteiger partial charge in [-0.25, -0.2) is 4.99 Å². The molecule has 1 aliphatic rings. The highest BCUT2D eigenvalue weighted by atomic mass is 79.9. The molecule has 8 nitrogen and oxygen atoms in total. The highest BCUT2D eigenvalue weighted by Crippen LogP contribution is 2.35. The summed E-state index contributed by atoms with van der Waals surface area (Å²) in [6.45, 7) is 1.77. The number of nitrogens with one attached hydrogen (secondary N) is 1. The second kappa shape index (κ2) is 10.9. The lowest BCUT2D eigenvalue weighted by atomic mass is 9.95. The number of para-hydroxylation sites is 1. The molecule has 1 aromatic heterocycles. The van der Waals surface area contributed by atoms with Gasteiger partial charge in [0.05, 0.1) is 40.5 Å². The van der Waals surface area contributed by atoms with Crippen LogP contribution in [0.1, 0.15) is 24.1 Å². The van der Waals surface area contributed by atoms with Gasteiger partial charge in [-0.1, -0.05) is 41.7 Å². The largest absolute Gasteiger partial charge is 0.503 e. The molecule has 1 aliphatic heterocycles. The van der Waals surface area contributed by atoms with E-state index >= 15 is 0 Å². The quantitative estimate of drug-likeness (QED) is 0.340. The molecule has 0 saturated carbocycles. The molecule has 1 amide bonds. The predicted octanol–water partition coefficient (Wildman–Crippen LogP) is 4.36. The van der Waals surface area contributed by atoms with Crippen molar-refractivity contribution in [3.05, 3.63) is 113 Å². The zero-order valence-electron chi connectivity index (χ0n) is 21.3. The standard InChI is InChI=1S/C29H24BrN3O5S/c1-16-24(27(35)32-19-7-5-4-6-8-19)25(18-9-11-20(37-2)12-10-18)33-28(36)23(39-29(33)31-16)15-17-13-21(30)26(34)22(14-17)38-3/h4-15,25,34H,1-3H3,(H,32,35)/b23-15+/t25-/m1/s1. The van der Waals surface area contributed by atoms with Crippen LogP contribution >= 0.6 is 27.3 Å².